The van der Waals surface area contributed by atoms with E-state index in [0.29, 0.717) is 6.42 Å². The van der Waals surface area contributed by atoms with Crippen LogP contribution in [0.2, 0.25) is 0 Å². The standard InChI is InChI=1S/C17H25NO2/c1-4-15(20-16-8-6-5-7-14(16)3)17(19)18-11-9-13(2)10-12-18/h5-8,13,15H,4,9-12H2,1-3H3/t15-/m1/s1. The second kappa shape index (κ2) is 6.78. The summed E-state index contributed by atoms with van der Waals surface area (Å²) >= 11 is 0. The van der Waals surface area contributed by atoms with Crippen LogP contribution in [0.4, 0.5) is 0 Å². The van der Waals surface area contributed by atoms with E-state index in [-0.39, 0.29) is 12.0 Å². The lowest BCUT2D eigenvalue weighted by atomic mass is 9.99. The summed E-state index contributed by atoms with van der Waals surface area (Å²) < 4.78 is 5.95. The summed E-state index contributed by atoms with van der Waals surface area (Å²) in [7, 11) is 0. The molecule has 0 unspecified atom stereocenters. The van der Waals surface area contributed by atoms with Gasteiger partial charge in [-0.05, 0) is 43.7 Å². The van der Waals surface area contributed by atoms with Crippen LogP contribution in [0.15, 0.2) is 24.3 Å². The maximum absolute atomic E-state index is 12.6. The van der Waals surface area contributed by atoms with Gasteiger partial charge in [0.2, 0.25) is 0 Å². The number of hydrogen-bond acceptors (Lipinski definition) is 2. The number of likely N-dealkylation sites (tertiary alicyclic amines) is 1. The molecular formula is C17H25NO2. The van der Waals surface area contributed by atoms with Crippen molar-refractivity contribution >= 4 is 5.91 Å². The number of nitrogens with zero attached hydrogens (tertiary/aromatic N) is 1. The topological polar surface area (TPSA) is 29.5 Å². The number of para-hydroxylation sites is 1. The van der Waals surface area contributed by atoms with Crippen LogP contribution < -0.4 is 4.74 Å². The van der Waals surface area contributed by atoms with E-state index >= 15 is 0 Å². The van der Waals surface area contributed by atoms with Gasteiger partial charge in [-0.3, -0.25) is 4.79 Å². The fourth-order valence-electron chi connectivity index (χ4n) is 2.58. The number of benzene rings is 1. The van der Waals surface area contributed by atoms with Gasteiger partial charge in [0, 0.05) is 13.1 Å². The maximum Gasteiger partial charge on any atom is 0.263 e. The molecule has 3 heteroatoms. The van der Waals surface area contributed by atoms with Gasteiger partial charge in [-0.15, -0.1) is 0 Å². The zero-order valence-electron chi connectivity index (χ0n) is 12.8. The van der Waals surface area contributed by atoms with Crippen LogP contribution in [0.25, 0.3) is 0 Å². The molecule has 1 atom stereocenters. The van der Waals surface area contributed by atoms with Crippen molar-refractivity contribution in [1.29, 1.82) is 0 Å². The van der Waals surface area contributed by atoms with Crippen LogP contribution in [0.3, 0.4) is 0 Å². The minimum absolute atomic E-state index is 0.141. The molecule has 0 aliphatic carbocycles. The van der Waals surface area contributed by atoms with Crippen LogP contribution >= 0.6 is 0 Å². The molecule has 0 bridgehead atoms. The first-order valence-electron chi connectivity index (χ1n) is 7.63. The van der Waals surface area contributed by atoms with Crippen molar-refractivity contribution in [1.82, 2.24) is 4.90 Å². The maximum atomic E-state index is 12.6. The minimum Gasteiger partial charge on any atom is -0.480 e. The first-order valence-corrected chi connectivity index (χ1v) is 7.63. The predicted molar refractivity (Wildman–Crippen MR) is 80.9 cm³/mol. The first kappa shape index (κ1) is 14.9. The fraction of sp³-hybridized carbons (Fsp3) is 0.588. The molecule has 1 fully saturated rings. The van der Waals surface area contributed by atoms with Crippen molar-refractivity contribution in [2.45, 2.75) is 46.1 Å². The van der Waals surface area contributed by atoms with Crippen LogP contribution in [0.1, 0.15) is 38.7 Å². The van der Waals surface area contributed by atoms with Gasteiger partial charge in [0.05, 0.1) is 0 Å². The molecule has 1 aliphatic heterocycles. The predicted octanol–water partition coefficient (Wildman–Crippen LogP) is 3.41. The van der Waals surface area contributed by atoms with E-state index < -0.39 is 0 Å². The quantitative estimate of drug-likeness (QED) is 0.842. The summed E-state index contributed by atoms with van der Waals surface area (Å²) in [6, 6.07) is 7.87. The number of carbonyl (C=O) groups is 1. The highest BCUT2D eigenvalue weighted by Gasteiger charge is 2.27. The smallest absolute Gasteiger partial charge is 0.263 e. The van der Waals surface area contributed by atoms with Crippen LogP contribution in [-0.2, 0) is 4.79 Å². The molecule has 0 aromatic heterocycles. The third kappa shape index (κ3) is 3.53. The molecule has 3 nitrogen and oxygen atoms in total. The molecule has 0 radical (unpaired) electrons. The average molecular weight is 275 g/mol. The van der Waals surface area contributed by atoms with Crippen molar-refractivity contribution in [3.63, 3.8) is 0 Å². The molecule has 110 valence electrons. The molecule has 0 spiro atoms. The number of amides is 1. The Morgan fingerprint density at radius 2 is 2.00 bits per heavy atom. The summed E-state index contributed by atoms with van der Waals surface area (Å²) in [5, 5.41) is 0. The molecule has 1 heterocycles. The van der Waals surface area contributed by atoms with Crippen LogP contribution in [-0.4, -0.2) is 30.0 Å². The lowest BCUT2D eigenvalue weighted by Gasteiger charge is -2.33. The van der Waals surface area contributed by atoms with Gasteiger partial charge in [-0.25, -0.2) is 0 Å². The van der Waals surface area contributed by atoms with Gasteiger partial charge in [0.1, 0.15) is 5.75 Å². The van der Waals surface area contributed by atoms with Crippen molar-refractivity contribution in [3.05, 3.63) is 29.8 Å². The van der Waals surface area contributed by atoms with Crippen LogP contribution in [0, 0.1) is 12.8 Å². The largest absolute Gasteiger partial charge is 0.480 e. The first-order chi connectivity index (χ1) is 9.61. The Bertz CT molecular complexity index is 450. The van der Waals surface area contributed by atoms with E-state index in [1.165, 1.54) is 0 Å². The van der Waals surface area contributed by atoms with E-state index in [1.807, 2.05) is 43.0 Å². The third-order valence-corrected chi connectivity index (χ3v) is 4.10. The van der Waals surface area contributed by atoms with E-state index in [9.17, 15) is 4.79 Å². The molecule has 1 aromatic rings. The van der Waals surface area contributed by atoms with Crippen molar-refractivity contribution < 1.29 is 9.53 Å². The van der Waals surface area contributed by atoms with Crippen molar-refractivity contribution in [2.24, 2.45) is 5.92 Å². The molecule has 0 N–H and O–H groups in total. The Hall–Kier alpha value is -1.51. The summed E-state index contributed by atoms with van der Waals surface area (Å²) in [6.45, 7) is 8.01. The second-order valence-electron chi connectivity index (χ2n) is 5.79. The minimum atomic E-state index is -0.357. The number of ether oxygens (including phenoxy) is 1. The van der Waals surface area contributed by atoms with Gasteiger partial charge < -0.3 is 9.64 Å². The van der Waals surface area contributed by atoms with Gasteiger partial charge in [0.15, 0.2) is 6.10 Å². The van der Waals surface area contributed by atoms with Gasteiger partial charge >= 0.3 is 0 Å². The van der Waals surface area contributed by atoms with E-state index in [1.54, 1.807) is 0 Å². The molecule has 1 saturated heterocycles. The number of piperidine rings is 1. The summed E-state index contributed by atoms with van der Waals surface area (Å²) in [5.74, 6) is 1.69. The number of hydrogen-bond donors (Lipinski definition) is 0. The van der Waals surface area contributed by atoms with E-state index in [0.717, 1.165) is 43.2 Å². The fourth-order valence-corrected chi connectivity index (χ4v) is 2.58. The lowest BCUT2D eigenvalue weighted by Crippen LogP contribution is -2.45. The Kier molecular flexibility index (Phi) is 5.05. The molecule has 2 rings (SSSR count). The molecule has 1 aromatic carbocycles. The van der Waals surface area contributed by atoms with Gasteiger partial charge in [-0.2, -0.15) is 0 Å². The Balaban J connectivity index is 2.01. The highest BCUT2D eigenvalue weighted by molar-refractivity contribution is 5.81. The highest BCUT2D eigenvalue weighted by Crippen LogP contribution is 2.22. The molecule has 1 amide bonds. The number of aryl methyl sites for hydroxylation is 1. The third-order valence-electron chi connectivity index (χ3n) is 4.10. The summed E-state index contributed by atoms with van der Waals surface area (Å²) in [6.07, 6.45) is 2.56. The average Bonchev–Trinajstić information content (AvgIpc) is 2.46. The van der Waals surface area contributed by atoms with Crippen molar-refractivity contribution in [2.75, 3.05) is 13.1 Å². The van der Waals surface area contributed by atoms with Crippen LogP contribution in [0.5, 0.6) is 5.75 Å². The summed E-state index contributed by atoms with van der Waals surface area (Å²) in [4.78, 5) is 14.5. The monoisotopic (exact) mass is 275 g/mol. The molecule has 20 heavy (non-hydrogen) atoms. The second-order valence-corrected chi connectivity index (χ2v) is 5.79. The van der Waals surface area contributed by atoms with Gasteiger partial charge in [-0.1, -0.05) is 32.0 Å². The molecular weight excluding hydrogens is 250 g/mol. The molecule has 0 saturated carbocycles. The Morgan fingerprint density at radius 3 is 2.60 bits per heavy atom. The SMILES string of the molecule is CC[C@@H](Oc1ccccc1C)C(=O)N1CCC(C)CC1. The van der Waals surface area contributed by atoms with E-state index in [4.69, 9.17) is 4.74 Å². The number of rotatable bonds is 4. The number of carbonyl (C=O) groups excluding carboxylic acids is 1. The zero-order chi connectivity index (χ0) is 14.5. The highest BCUT2D eigenvalue weighted by atomic mass is 16.5. The normalized spacial score (nSPS) is 17.9. The Labute approximate surface area is 121 Å². The lowest BCUT2D eigenvalue weighted by molar-refractivity contribution is -0.140. The van der Waals surface area contributed by atoms with Crippen molar-refractivity contribution in [3.8, 4) is 5.75 Å². The van der Waals surface area contributed by atoms with E-state index in [2.05, 4.69) is 6.92 Å². The zero-order valence-corrected chi connectivity index (χ0v) is 12.8. The Morgan fingerprint density at radius 1 is 1.35 bits per heavy atom. The summed E-state index contributed by atoms with van der Waals surface area (Å²) in [5.41, 5.74) is 1.08. The van der Waals surface area contributed by atoms with Gasteiger partial charge in [0.25, 0.3) is 5.91 Å². The molecule has 1 aliphatic rings.